The van der Waals surface area contributed by atoms with Gasteiger partial charge in [0.25, 0.3) is 0 Å². The molecule has 0 bridgehead atoms. The van der Waals surface area contributed by atoms with Gasteiger partial charge in [0, 0.05) is 26.2 Å². The highest BCUT2D eigenvalue weighted by Gasteiger charge is 2.27. The van der Waals surface area contributed by atoms with Gasteiger partial charge in [0.1, 0.15) is 0 Å². The summed E-state index contributed by atoms with van der Waals surface area (Å²) in [7, 11) is -2.83. The van der Waals surface area contributed by atoms with Gasteiger partial charge >= 0.3 is 0 Å². The maximum Gasteiger partial charge on any atom is 0.194 e. The molecule has 1 atom stereocenters. The topological polar surface area (TPSA) is 61.8 Å². The van der Waals surface area contributed by atoms with Crippen molar-refractivity contribution in [3.63, 3.8) is 0 Å². The summed E-state index contributed by atoms with van der Waals surface area (Å²) in [6.07, 6.45) is 4.00. The molecule has 0 amide bonds. The highest BCUT2D eigenvalue weighted by atomic mass is 32.2. The summed E-state index contributed by atoms with van der Waals surface area (Å²) >= 11 is 0. The van der Waals surface area contributed by atoms with Gasteiger partial charge in [0.2, 0.25) is 0 Å². The second-order valence-electron chi connectivity index (χ2n) is 6.76. The fourth-order valence-electron chi connectivity index (χ4n) is 3.43. The number of nitrogens with zero attached hydrogens (tertiary/aromatic N) is 2. The van der Waals surface area contributed by atoms with E-state index in [2.05, 4.69) is 47.5 Å². The summed E-state index contributed by atoms with van der Waals surface area (Å²) in [5.74, 6) is 1.67. The van der Waals surface area contributed by atoms with E-state index in [1.807, 2.05) is 6.07 Å². The zero-order valence-corrected chi connectivity index (χ0v) is 15.6. The number of guanidine groups is 1. The summed E-state index contributed by atoms with van der Waals surface area (Å²) in [6, 6.07) is 10.5. The number of hydrogen-bond acceptors (Lipinski definition) is 3. The van der Waals surface area contributed by atoms with Crippen molar-refractivity contribution in [2.24, 2.45) is 10.9 Å². The molecule has 2 aliphatic rings. The van der Waals surface area contributed by atoms with Gasteiger partial charge in [-0.2, -0.15) is 0 Å². The fraction of sp³-hybridized carbons (Fsp3) is 0.526. The first-order valence-electron chi connectivity index (χ1n) is 9.05. The number of hydrogen-bond donors (Lipinski definition) is 1. The maximum atomic E-state index is 11.6. The van der Waals surface area contributed by atoms with Crippen LogP contribution in [0.2, 0.25) is 0 Å². The lowest BCUT2D eigenvalue weighted by molar-refractivity contribution is 0.437. The van der Waals surface area contributed by atoms with Crippen molar-refractivity contribution < 1.29 is 8.42 Å². The lowest BCUT2D eigenvalue weighted by Gasteiger charge is -2.30. The summed E-state index contributed by atoms with van der Waals surface area (Å²) < 4.78 is 23.2. The summed E-state index contributed by atoms with van der Waals surface area (Å²) in [5, 5.41) is 3.35. The third kappa shape index (κ3) is 4.84. The van der Waals surface area contributed by atoms with Crippen LogP contribution in [0.1, 0.15) is 25.3 Å². The molecule has 2 heterocycles. The average molecular weight is 362 g/mol. The molecule has 0 spiro atoms. The minimum atomic E-state index is -2.83. The number of aliphatic imine (C=N–C) groups is 1. The molecule has 0 aromatic heterocycles. The second kappa shape index (κ2) is 8.04. The monoisotopic (exact) mass is 361 g/mol. The van der Waals surface area contributed by atoms with Crippen molar-refractivity contribution >= 4 is 21.4 Å². The SMILES string of the molecule is CCNC(=NCC1CCS(=O)(=O)C1)N1CC=C(c2ccccc2)CC1. The number of sulfone groups is 1. The van der Waals surface area contributed by atoms with Crippen molar-refractivity contribution in [2.45, 2.75) is 19.8 Å². The molecule has 136 valence electrons. The lowest BCUT2D eigenvalue weighted by atomic mass is 10.00. The van der Waals surface area contributed by atoms with E-state index in [1.54, 1.807) is 0 Å². The third-order valence-corrected chi connectivity index (χ3v) is 6.65. The quantitative estimate of drug-likeness (QED) is 0.660. The predicted octanol–water partition coefficient (Wildman–Crippen LogP) is 2.18. The molecular weight excluding hydrogens is 334 g/mol. The Bertz CT molecular complexity index is 741. The van der Waals surface area contributed by atoms with Crippen LogP contribution < -0.4 is 5.32 Å². The van der Waals surface area contributed by atoms with E-state index >= 15 is 0 Å². The van der Waals surface area contributed by atoms with E-state index in [4.69, 9.17) is 4.99 Å². The van der Waals surface area contributed by atoms with Gasteiger partial charge in [0.05, 0.1) is 11.5 Å². The molecule has 2 aliphatic heterocycles. The minimum Gasteiger partial charge on any atom is -0.357 e. The third-order valence-electron chi connectivity index (χ3n) is 4.81. The molecule has 1 aromatic carbocycles. The summed E-state index contributed by atoms with van der Waals surface area (Å²) in [6.45, 7) is 5.22. The van der Waals surface area contributed by atoms with Gasteiger partial charge in [-0.3, -0.25) is 4.99 Å². The zero-order valence-electron chi connectivity index (χ0n) is 14.8. The molecular formula is C19H27N3O2S. The molecule has 1 N–H and O–H groups in total. The second-order valence-corrected chi connectivity index (χ2v) is 8.98. The molecule has 1 saturated heterocycles. The van der Waals surface area contributed by atoms with Gasteiger partial charge in [-0.25, -0.2) is 8.42 Å². The number of benzene rings is 1. The predicted molar refractivity (Wildman–Crippen MR) is 103 cm³/mol. The standard InChI is InChI=1S/C19H27N3O2S/c1-2-20-19(21-14-16-10-13-25(23,24)15-16)22-11-8-18(9-12-22)17-6-4-3-5-7-17/h3-8,16H,2,9-15H2,1H3,(H,20,21). The van der Waals surface area contributed by atoms with E-state index in [9.17, 15) is 8.42 Å². The molecule has 1 fully saturated rings. The van der Waals surface area contributed by atoms with Gasteiger partial charge in [-0.05, 0) is 36.8 Å². The Labute approximate surface area is 150 Å². The normalized spacial score (nSPS) is 23.4. The van der Waals surface area contributed by atoms with Gasteiger partial charge in [-0.1, -0.05) is 36.4 Å². The number of nitrogens with one attached hydrogen (secondary N) is 1. The first-order chi connectivity index (χ1) is 12.1. The summed E-state index contributed by atoms with van der Waals surface area (Å²) in [4.78, 5) is 6.97. The van der Waals surface area contributed by atoms with Crippen molar-refractivity contribution in [2.75, 3.05) is 37.7 Å². The van der Waals surface area contributed by atoms with Gasteiger partial charge < -0.3 is 10.2 Å². The van der Waals surface area contributed by atoms with Crippen LogP contribution in [0, 0.1) is 5.92 Å². The van der Waals surface area contributed by atoms with E-state index < -0.39 is 9.84 Å². The average Bonchev–Trinajstić information content (AvgIpc) is 2.98. The van der Waals surface area contributed by atoms with Crippen LogP contribution in [0.5, 0.6) is 0 Å². The molecule has 0 saturated carbocycles. The molecule has 6 heteroatoms. The van der Waals surface area contributed by atoms with Crippen molar-refractivity contribution in [3.05, 3.63) is 42.0 Å². The van der Waals surface area contributed by atoms with E-state index in [-0.39, 0.29) is 11.7 Å². The van der Waals surface area contributed by atoms with E-state index in [0.717, 1.165) is 38.4 Å². The first kappa shape index (κ1) is 18.0. The first-order valence-corrected chi connectivity index (χ1v) is 10.9. The van der Waals surface area contributed by atoms with Crippen LogP contribution in [0.3, 0.4) is 0 Å². The largest absolute Gasteiger partial charge is 0.357 e. The smallest absolute Gasteiger partial charge is 0.194 e. The molecule has 1 unspecified atom stereocenters. The van der Waals surface area contributed by atoms with Crippen LogP contribution in [0.15, 0.2) is 41.4 Å². The van der Waals surface area contributed by atoms with Crippen molar-refractivity contribution in [3.8, 4) is 0 Å². The molecule has 0 radical (unpaired) electrons. The minimum absolute atomic E-state index is 0.166. The van der Waals surface area contributed by atoms with Crippen LogP contribution in [0.4, 0.5) is 0 Å². The molecule has 3 rings (SSSR count). The van der Waals surface area contributed by atoms with Crippen LogP contribution >= 0.6 is 0 Å². The van der Waals surface area contributed by atoms with Crippen molar-refractivity contribution in [1.82, 2.24) is 10.2 Å². The van der Waals surface area contributed by atoms with Gasteiger partial charge in [0.15, 0.2) is 15.8 Å². The molecule has 5 nitrogen and oxygen atoms in total. The van der Waals surface area contributed by atoms with E-state index in [0.29, 0.717) is 12.3 Å². The van der Waals surface area contributed by atoms with Crippen LogP contribution in [-0.2, 0) is 9.84 Å². The van der Waals surface area contributed by atoms with Crippen molar-refractivity contribution in [1.29, 1.82) is 0 Å². The van der Waals surface area contributed by atoms with Crippen LogP contribution in [-0.4, -0.2) is 57.0 Å². The number of rotatable bonds is 4. The lowest BCUT2D eigenvalue weighted by Crippen LogP contribution is -2.43. The van der Waals surface area contributed by atoms with Gasteiger partial charge in [-0.15, -0.1) is 0 Å². The Kier molecular flexibility index (Phi) is 5.78. The Morgan fingerprint density at radius 2 is 2.12 bits per heavy atom. The molecule has 1 aromatic rings. The molecule has 25 heavy (non-hydrogen) atoms. The fourth-order valence-corrected chi connectivity index (χ4v) is 5.28. The summed E-state index contributed by atoms with van der Waals surface area (Å²) in [5.41, 5.74) is 2.68. The van der Waals surface area contributed by atoms with Crippen LogP contribution in [0.25, 0.3) is 5.57 Å². The van der Waals surface area contributed by atoms with E-state index in [1.165, 1.54) is 11.1 Å². The molecule has 0 aliphatic carbocycles. The maximum absolute atomic E-state index is 11.6. The highest BCUT2D eigenvalue weighted by molar-refractivity contribution is 7.91. The Hall–Kier alpha value is -1.82. The Balaban J connectivity index is 1.63. The Morgan fingerprint density at radius 3 is 2.72 bits per heavy atom. The Morgan fingerprint density at radius 1 is 1.32 bits per heavy atom. The zero-order chi connectivity index (χ0) is 17.7. The highest BCUT2D eigenvalue weighted by Crippen LogP contribution is 2.22.